The Morgan fingerprint density at radius 3 is 2.62 bits per heavy atom. The molecule has 0 radical (unpaired) electrons. The molecule has 1 saturated heterocycles. The lowest BCUT2D eigenvalue weighted by atomic mass is 10.1. The molecule has 0 spiro atoms. The van der Waals surface area contributed by atoms with Crippen molar-refractivity contribution in [2.24, 2.45) is 0 Å². The van der Waals surface area contributed by atoms with Gasteiger partial charge in [0.05, 0.1) is 18.7 Å². The van der Waals surface area contributed by atoms with Crippen LogP contribution in [0.5, 0.6) is 11.6 Å². The van der Waals surface area contributed by atoms with Crippen LogP contribution in [0.15, 0.2) is 60.8 Å². The van der Waals surface area contributed by atoms with Crippen molar-refractivity contribution in [1.29, 1.82) is 0 Å². The second-order valence-corrected chi connectivity index (χ2v) is 8.33. The molecule has 2 aromatic carbocycles. The van der Waals surface area contributed by atoms with Gasteiger partial charge in [0, 0.05) is 31.4 Å². The quantitative estimate of drug-likeness (QED) is 0.420. The predicted octanol–water partition coefficient (Wildman–Crippen LogP) is 4.09. The van der Waals surface area contributed by atoms with Crippen LogP contribution in [0.25, 0.3) is 11.0 Å². The lowest BCUT2D eigenvalue weighted by Gasteiger charge is -2.31. The molecule has 0 saturated carbocycles. The Kier molecular flexibility index (Phi) is 6.14. The maximum absolute atomic E-state index is 12.1. The van der Waals surface area contributed by atoms with Crippen molar-refractivity contribution in [3.05, 3.63) is 77.7 Å². The summed E-state index contributed by atoms with van der Waals surface area (Å²) in [6.07, 6.45) is 3.73. The number of hydrogen-bond donors (Lipinski definition) is 2. The minimum atomic E-state index is -0.476. The number of piperidine rings is 1. The summed E-state index contributed by atoms with van der Waals surface area (Å²) < 4.78 is 11.0. The number of hydrogen-bond acceptors (Lipinski definition) is 7. The van der Waals surface area contributed by atoms with E-state index >= 15 is 0 Å². The van der Waals surface area contributed by atoms with Crippen LogP contribution in [0.4, 0.5) is 5.69 Å². The monoisotopic (exact) mass is 458 g/mol. The third-order valence-electron chi connectivity index (χ3n) is 6.05. The van der Waals surface area contributed by atoms with Gasteiger partial charge in [-0.2, -0.15) is 4.98 Å². The van der Waals surface area contributed by atoms with E-state index in [0.29, 0.717) is 35.0 Å². The van der Waals surface area contributed by atoms with Gasteiger partial charge in [-0.25, -0.2) is 9.78 Å². The number of para-hydroxylation sites is 1. The molecule has 0 atom stereocenters. The Morgan fingerprint density at radius 1 is 1.09 bits per heavy atom. The van der Waals surface area contributed by atoms with Crippen molar-refractivity contribution >= 4 is 22.7 Å². The molecule has 4 aromatic rings. The fraction of sp³-hybridized carbons (Fsp3) is 0.269. The van der Waals surface area contributed by atoms with E-state index in [4.69, 9.17) is 9.47 Å². The number of ether oxygens (including phenoxy) is 2. The number of benzene rings is 2. The molecule has 2 N–H and O–H groups in total. The van der Waals surface area contributed by atoms with E-state index in [9.17, 15) is 9.90 Å². The molecule has 174 valence electrons. The van der Waals surface area contributed by atoms with Gasteiger partial charge in [0.25, 0.3) is 0 Å². The van der Waals surface area contributed by atoms with Gasteiger partial charge in [-0.1, -0.05) is 24.3 Å². The van der Waals surface area contributed by atoms with E-state index in [-0.39, 0.29) is 6.10 Å². The Bertz CT molecular complexity index is 1290. The number of carbonyl (C=O) groups excluding carboxylic acids is 1. The summed E-state index contributed by atoms with van der Waals surface area (Å²) in [4.78, 5) is 26.9. The number of aromatic nitrogens is 3. The number of aromatic amines is 1. The minimum Gasteiger partial charge on any atom is -0.465 e. The molecule has 5 rings (SSSR count). The molecule has 0 aliphatic carbocycles. The summed E-state index contributed by atoms with van der Waals surface area (Å²) in [5.41, 5.74) is 3.95. The van der Waals surface area contributed by atoms with Gasteiger partial charge in [-0.05, 0) is 48.7 Å². The van der Waals surface area contributed by atoms with E-state index in [1.807, 2.05) is 6.07 Å². The number of rotatable bonds is 6. The Hall–Kier alpha value is -3.91. The van der Waals surface area contributed by atoms with Crippen molar-refractivity contribution in [2.45, 2.75) is 25.4 Å². The van der Waals surface area contributed by atoms with Crippen molar-refractivity contribution in [2.75, 3.05) is 25.1 Å². The van der Waals surface area contributed by atoms with Gasteiger partial charge in [-0.3, -0.25) is 0 Å². The van der Waals surface area contributed by atoms with Crippen LogP contribution in [0.3, 0.4) is 0 Å². The number of nitrogens with one attached hydrogen (secondary N) is 1. The fourth-order valence-electron chi connectivity index (χ4n) is 4.19. The Balaban J connectivity index is 1.39. The first-order chi connectivity index (χ1) is 16.6. The molecule has 0 amide bonds. The predicted molar refractivity (Wildman–Crippen MR) is 128 cm³/mol. The summed E-state index contributed by atoms with van der Waals surface area (Å²) in [5, 5.41) is 9.74. The van der Waals surface area contributed by atoms with E-state index in [1.165, 1.54) is 7.11 Å². The third-order valence-corrected chi connectivity index (χ3v) is 6.05. The summed E-state index contributed by atoms with van der Waals surface area (Å²) in [7, 11) is 1.34. The molecule has 34 heavy (non-hydrogen) atoms. The van der Waals surface area contributed by atoms with E-state index in [0.717, 1.165) is 42.7 Å². The van der Waals surface area contributed by atoms with Crippen molar-refractivity contribution in [1.82, 2.24) is 15.0 Å². The zero-order chi connectivity index (χ0) is 23.5. The largest absolute Gasteiger partial charge is 0.465 e. The first-order valence-corrected chi connectivity index (χ1v) is 11.3. The molecule has 0 unspecified atom stereocenters. The molecular formula is C26H26N4O4. The van der Waals surface area contributed by atoms with E-state index in [1.54, 1.807) is 30.5 Å². The maximum atomic E-state index is 12.1. The molecule has 0 bridgehead atoms. The Morgan fingerprint density at radius 2 is 1.85 bits per heavy atom. The topological polar surface area (TPSA) is 101 Å². The zero-order valence-corrected chi connectivity index (χ0v) is 18.9. The van der Waals surface area contributed by atoms with Crippen LogP contribution in [-0.2, 0) is 11.2 Å². The highest BCUT2D eigenvalue weighted by Gasteiger charge is 2.18. The number of nitrogens with zero attached hydrogens (tertiary/aromatic N) is 3. The summed E-state index contributed by atoms with van der Waals surface area (Å²) in [6.45, 7) is 1.73. The fourth-order valence-corrected chi connectivity index (χ4v) is 4.19. The zero-order valence-electron chi connectivity index (χ0n) is 18.9. The summed E-state index contributed by atoms with van der Waals surface area (Å²) in [5.74, 6) is 0.859. The lowest BCUT2D eigenvalue weighted by Crippen LogP contribution is -2.35. The highest BCUT2D eigenvalue weighted by molar-refractivity contribution is 5.92. The molecule has 8 nitrogen and oxygen atoms in total. The number of H-pyrrole nitrogens is 1. The van der Waals surface area contributed by atoms with Crippen LogP contribution in [-0.4, -0.2) is 52.3 Å². The van der Waals surface area contributed by atoms with Crippen LogP contribution in [0.2, 0.25) is 0 Å². The molecule has 1 aliphatic rings. The molecule has 1 aliphatic heterocycles. The van der Waals surface area contributed by atoms with Crippen LogP contribution >= 0.6 is 0 Å². The number of aliphatic hydroxyl groups excluding tert-OH is 1. The average Bonchev–Trinajstić information content (AvgIpc) is 3.34. The first-order valence-electron chi connectivity index (χ1n) is 11.3. The summed E-state index contributed by atoms with van der Waals surface area (Å²) in [6, 6.07) is 17.1. The molecule has 3 heterocycles. The van der Waals surface area contributed by atoms with Gasteiger partial charge >= 0.3 is 5.97 Å². The van der Waals surface area contributed by atoms with Crippen LogP contribution in [0.1, 0.15) is 34.6 Å². The van der Waals surface area contributed by atoms with Gasteiger partial charge in [0.2, 0.25) is 5.88 Å². The molecule has 8 heteroatoms. The number of fused-ring (bicyclic) bond motifs is 1. The average molecular weight is 459 g/mol. The normalized spacial score (nSPS) is 14.4. The van der Waals surface area contributed by atoms with Gasteiger partial charge < -0.3 is 24.5 Å². The first kappa shape index (κ1) is 21.9. The maximum Gasteiger partial charge on any atom is 0.341 e. The lowest BCUT2D eigenvalue weighted by molar-refractivity contribution is 0.0598. The van der Waals surface area contributed by atoms with Crippen molar-refractivity contribution in [3.63, 3.8) is 0 Å². The number of methoxy groups -OCH3 is 1. The molecule has 2 aromatic heterocycles. The summed E-state index contributed by atoms with van der Waals surface area (Å²) >= 11 is 0. The number of carbonyl (C=O) groups is 1. The van der Waals surface area contributed by atoms with Gasteiger partial charge in [0.1, 0.15) is 22.7 Å². The third kappa shape index (κ3) is 4.58. The number of anilines is 1. The van der Waals surface area contributed by atoms with E-state index in [2.05, 4.69) is 44.1 Å². The molecule has 1 fully saturated rings. The SMILES string of the molecule is COC(=O)c1ccccc1Oc1nc(Cc2ccc(N3CCC(O)CC3)cc2)nc2cc[nH]c12. The smallest absolute Gasteiger partial charge is 0.341 e. The second-order valence-electron chi connectivity index (χ2n) is 8.33. The van der Waals surface area contributed by atoms with Crippen LogP contribution < -0.4 is 9.64 Å². The van der Waals surface area contributed by atoms with Crippen molar-refractivity contribution < 1.29 is 19.4 Å². The molecular weight excluding hydrogens is 432 g/mol. The number of esters is 1. The standard InChI is InChI=1S/C26H26N4O4/c1-33-26(32)20-4-2-3-5-22(20)34-25-24-21(10-13-27-24)28-23(29-25)16-17-6-8-18(9-7-17)30-14-11-19(31)12-15-30/h2-10,13,19,27,31H,11-12,14-16H2,1H3. The van der Waals surface area contributed by atoms with Gasteiger partial charge in [-0.15, -0.1) is 0 Å². The second kappa shape index (κ2) is 9.52. The highest BCUT2D eigenvalue weighted by atomic mass is 16.5. The van der Waals surface area contributed by atoms with E-state index < -0.39 is 5.97 Å². The minimum absolute atomic E-state index is 0.188. The number of aliphatic hydroxyl groups is 1. The van der Waals surface area contributed by atoms with Gasteiger partial charge in [0.15, 0.2) is 0 Å². The van der Waals surface area contributed by atoms with Crippen LogP contribution in [0, 0.1) is 0 Å². The Labute approximate surface area is 197 Å². The highest BCUT2D eigenvalue weighted by Crippen LogP contribution is 2.30. The van der Waals surface area contributed by atoms with Crippen molar-refractivity contribution in [3.8, 4) is 11.6 Å².